The predicted molar refractivity (Wildman–Crippen MR) is 66.8 cm³/mol. The number of aliphatic hydroxyl groups is 1. The number of benzene rings is 1. The van der Waals surface area contributed by atoms with Gasteiger partial charge in [0.25, 0.3) is 0 Å². The molecule has 18 heavy (non-hydrogen) atoms. The third-order valence-electron chi connectivity index (χ3n) is 2.10. The molecule has 0 saturated carbocycles. The highest BCUT2D eigenvalue weighted by atomic mass is 16.5. The van der Waals surface area contributed by atoms with Gasteiger partial charge in [-0.1, -0.05) is 18.2 Å². The smallest absolute Gasteiger partial charge is 0.330 e. The number of aliphatic hydroxyl groups excluding tert-OH is 1. The molecule has 5 nitrogen and oxygen atoms in total. The van der Waals surface area contributed by atoms with E-state index in [1.165, 1.54) is 0 Å². The number of amides is 1. The van der Waals surface area contributed by atoms with Crippen molar-refractivity contribution in [3.8, 4) is 0 Å². The fourth-order valence-corrected chi connectivity index (χ4v) is 1.29. The van der Waals surface area contributed by atoms with E-state index in [0.29, 0.717) is 11.3 Å². The molecule has 1 aromatic rings. The second kappa shape index (κ2) is 7.24. The molecule has 0 radical (unpaired) electrons. The minimum Gasteiger partial charge on any atom is -0.463 e. The summed E-state index contributed by atoms with van der Waals surface area (Å²) in [6.45, 7) is 1.78. The topological polar surface area (TPSA) is 75.6 Å². The van der Waals surface area contributed by atoms with Crippen molar-refractivity contribution in [2.75, 3.05) is 11.9 Å². The lowest BCUT2D eigenvalue weighted by molar-refractivity contribution is -0.137. The third kappa shape index (κ3) is 4.39. The highest BCUT2D eigenvalue weighted by Crippen LogP contribution is 2.14. The molecular weight excluding hydrogens is 234 g/mol. The lowest BCUT2D eigenvalue weighted by atomic mass is 10.2. The molecule has 0 aliphatic carbocycles. The zero-order valence-electron chi connectivity index (χ0n) is 10.1. The summed E-state index contributed by atoms with van der Waals surface area (Å²) >= 11 is 0. The number of ether oxygens (including phenoxy) is 1. The zero-order chi connectivity index (χ0) is 13.4. The summed E-state index contributed by atoms with van der Waals surface area (Å²) in [6, 6.07) is 6.87. The van der Waals surface area contributed by atoms with Crippen molar-refractivity contribution in [1.82, 2.24) is 0 Å². The normalized spacial score (nSPS) is 10.3. The average molecular weight is 249 g/mol. The van der Waals surface area contributed by atoms with Crippen LogP contribution in [0.3, 0.4) is 0 Å². The second-order valence-electron chi connectivity index (χ2n) is 3.39. The molecule has 0 fully saturated rings. The lowest BCUT2D eigenvalue weighted by Crippen LogP contribution is -2.11. The highest BCUT2D eigenvalue weighted by Gasteiger charge is 2.03. The van der Waals surface area contributed by atoms with Gasteiger partial charge in [-0.15, -0.1) is 0 Å². The number of carbonyl (C=O) groups excluding carboxylic acids is 2. The maximum absolute atomic E-state index is 11.5. The monoisotopic (exact) mass is 249 g/mol. The molecule has 0 aliphatic heterocycles. The number of rotatable bonds is 5. The number of hydrogen-bond acceptors (Lipinski definition) is 4. The summed E-state index contributed by atoms with van der Waals surface area (Å²) in [5.41, 5.74) is 1.12. The van der Waals surface area contributed by atoms with Crippen LogP contribution in [0.2, 0.25) is 0 Å². The Hall–Kier alpha value is -2.14. The number of anilines is 1. The molecule has 0 bridgehead atoms. The summed E-state index contributed by atoms with van der Waals surface area (Å²) in [6.07, 6.45) is 2.15. The molecule has 0 spiro atoms. The van der Waals surface area contributed by atoms with Gasteiger partial charge in [0.15, 0.2) is 0 Å². The number of hydrogen-bond donors (Lipinski definition) is 2. The molecule has 96 valence electrons. The largest absolute Gasteiger partial charge is 0.463 e. The fourth-order valence-electron chi connectivity index (χ4n) is 1.29. The van der Waals surface area contributed by atoms with Gasteiger partial charge in [-0.3, -0.25) is 4.79 Å². The van der Waals surface area contributed by atoms with Gasteiger partial charge in [-0.25, -0.2) is 4.79 Å². The van der Waals surface area contributed by atoms with E-state index in [-0.39, 0.29) is 13.2 Å². The van der Waals surface area contributed by atoms with Crippen LogP contribution in [0.15, 0.2) is 36.4 Å². The van der Waals surface area contributed by atoms with Gasteiger partial charge in [-0.2, -0.15) is 0 Å². The van der Waals surface area contributed by atoms with E-state index in [1.54, 1.807) is 31.2 Å². The quantitative estimate of drug-likeness (QED) is 0.608. The van der Waals surface area contributed by atoms with Crippen molar-refractivity contribution in [3.63, 3.8) is 0 Å². The summed E-state index contributed by atoms with van der Waals surface area (Å²) in [7, 11) is 0. The Kier molecular flexibility index (Phi) is 5.60. The van der Waals surface area contributed by atoms with Crippen LogP contribution in [0, 0.1) is 0 Å². The Balaban J connectivity index is 2.62. The van der Waals surface area contributed by atoms with Gasteiger partial charge in [0.1, 0.15) is 0 Å². The van der Waals surface area contributed by atoms with E-state index in [4.69, 9.17) is 5.11 Å². The fraction of sp³-hybridized carbons (Fsp3) is 0.231. The van der Waals surface area contributed by atoms with Crippen molar-refractivity contribution < 1.29 is 19.4 Å². The Morgan fingerprint density at radius 2 is 2.06 bits per heavy atom. The van der Waals surface area contributed by atoms with E-state index in [0.717, 1.165) is 12.2 Å². The lowest BCUT2D eigenvalue weighted by Gasteiger charge is -2.06. The summed E-state index contributed by atoms with van der Waals surface area (Å²) < 4.78 is 4.64. The zero-order valence-corrected chi connectivity index (χ0v) is 10.1. The Morgan fingerprint density at radius 3 is 2.72 bits per heavy atom. The molecule has 1 amide bonds. The third-order valence-corrected chi connectivity index (χ3v) is 2.10. The van der Waals surface area contributed by atoms with E-state index in [9.17, 15) is 9.59 Å². The van der Waals surface area contributed by atoms with Crippen molar-refractivity contribution in [2.24, 2.45) is 0 Å². The van der Waals surface area contributed by atoms with Gasteiger partial charge in [-0.05, 0) is 13.0 Å². The Morgan fingerprint density at radius 1 is 1.33 bits per heavy atom. The van der Waals surface area contributed by atoms with E-state index in [2.05, 4.69) is 10.1 Å². The first-order chi connectivity index (χ1) is 8.67. The van der Waals surface area contributed by atoms with Crippen LogP contribution in [0.1, 0.15) is 12.5 Å². The maximum atomic E-state index is 11.5. The van der Waals surface area contributed by atoms with Crippen LogP contribution in [0.5, 0.6) is 0 Å². The SMILES string of the molecule is CCOC(=O)/C=C/C(=O)Nc1ccccc1CO. The maximum Gasteiger partial charge on any atom is 0.330 e. The van der Waals surface area contributed by atoms with E-state index in [1.807, 2.05) is 0 Å². The summed E-state index contributed by atoms with van der Waals surface area (Å²) in [5, 5.41) is 11.6. The average Bonchev–Trinajstić information content (AvgIpc) is 2.37. The van der Waals surface area contributed by atoms with Gasteiger partial charge in [0.05, 0.1) is 13.2 Å². The first kappa shape index (κ1) is 13.9. The Labute approximate surface area is 105 Å². The number of para-hydroxylation sites is 1. The van der Waals surface area contributed by atoms with E-state index >= 15 is 0 Å². The van der Waals surface area contributed by atoms with Crippen molar-refractivity contribution in [1.29, 1.82) is 0 Å². The molecule has 1 rings (SSSR count). The van der Waals surface area contributed by atoms with Crippen LogP contribution in [-0.2, 0) is 20.9 Å². The van der Waals surface area contributed by atoms with Gasteiger partial charge < -0.3 is 15.2 Å². The van der Waals surface area contributed by atoms with Crippen molar-refractivity contribution in [2.45, 2.75) is 13.5 Å². The van der Waals surface area contributed by atoms with Crippen molar-refractivity contribution >= 4 is 17.6 Å². The van der Waals surface area contributed by atoms with Gasteiger partial charge in [0, 0.05) is 23.4 Å². The molecule has 0 saturated heterocycles. The summed E-state index contributed by atoms with van der Waals surface area (Å²) in [5.74, 6) is -1.02. The molecule has 0 unspecified atom stereocenters. The van der Waals surface area contributed by atoms with Crippen LogP contribution in [0.25, 0.3) is 0 Å². The van der Waals surface area contributed by atoms with Crippen LogP contribution < -0.4 is 5.32 Å². The molecule has 0 atom stereocenters. The van der Waals surface area contributed by atoms with Crippen LogP contribution in [0.4, 0.5) is 5.69 Å². The van der Waals surface area contributed by atoms with E-state index < -0.39 is 11.9 Å². The molecule has 1 aromatic carbocycles. The molecule has 0 heterocycles. The number of esters is 1. The molecular formula is C13H15NO4. The number of nitrogens with one attached hydrogen (secondary N) is 1. The number of carbonyl (C=O) groups is 2. The van der Waals surface area contributed by atoms with Crippen LogP contribution >= 0.6 is 0 Å². The molecule has 2 N–H and O–H groups in total. The van der Waals surface area contributed by atoms with Crippen LogP contribution in [-0.4, -0.2) is 23.6 Å². The minimum absolute atomic E-state index is 0.169. The van der Waals surface area contributed by atoms with Crippen molar-refractivity contribution in [3.05, 3.63) is 42.0 Å². The minimum atomic E-state index is -0.567. The standard InChI is InChI=1S/C13H15NO4/c1-2-18-13(17)8-7-12(16)14-11-6-4-3-5-10(11)9-15/h3-8,15H,2,9H2,1H3,(H,14,16)/b8-7+. The highest BCUT2D eigenvalue weighted by molar-refractivity contribution is 6.02. The molecule has 0 aromatic heterocycles. The first-order valence-corrected chi connectivity index (χ1v) is 5.52. The van der Waals surface area contributed by atoms with Gasteiger partial charge >= 0.3 is 5.97 Å². The second-order valence-corrected chi connectivity index (χ2v) is 3.39. The molecule has 0 aliphatic rings. The first-order valence-electron chi connectivity index (χ1n) is 5.52. The Bertz CT molecular complexity index is 454. The summed E-state index contributed by atoms with van der Waals surface area (Å²) in [4.78, 5) is 22.5. The molecule has 5 heteroatoms. The van der Waals surface area contributed by atoms with Gasteiger partial charge in [0.2, 0.25) is 5.91 Å². The predicted octanol–water partition coefficient (Wildman–Crippen LogP) is 1.24.